The molecule has 0 aromatic carbocycles. The third-order valence-corrected chi connectivity index (χ3v) is 3.76. The number of nitrogens with zero attached hydrogens (tertiary/aromatic N) is 3. The van der Waals surface area contributed by atoms with Crippen LogP contribution >= 0.6 is 23.1 Å². The molecule has 4 nitrogen and oxygen atoms in total. The maximum absolute atomic E-state index is 5.63. The van der Waals surface area contributed by atoms with E-state index in [0.717, 1.165) is 15.2 Å². The van der Waals surface area contributed by atoms with Gasteiger partial charge in [0.05, 0.1) is 0 Å². The Morgan fingerprint density at radius 3 is 2.69 bits per heavy atom. The summed E-state index contributed by atoms with van der Waals surface area (Å²) in [5.74, 6) is 0.891. The highest BCUT2D eigenvalue weighted by Gasteiger charge is 2.06. The van der Waals surface area contributed by atoms with Crippen LogP contribution in [0.3, 0.4) is 0 Å². The van der Waals surface area contributed by atoms with Crippen LogP contribution < -0.4 is 10.6 Å². The average molecular weight is 218 g/mol. The van der Waals surface area contributed by atoms with Crippen molar-refractivity contribution in [2.24, 2.45) is 5.73 Å². The Morgan fingerprint density at radius 2 is 2.23 bits per heavy atom. The van der Waals surface area contributed by atoms with Gasteiger partial charge in [0, 0.05) is 25.9 Å². The monoisotopic (exact) mass is 218 g/mol. The minimum Gasteiger partial charge on any atom is -0.353 e. The lowest BCUT2D eigenvalue weighted by Gasteiger charge is -2.04. The number of aromatic nitrogens is 2. The summed E-state index contributed by atoms with van der Waals surface area (Å²) in [6.07, 6.45) is 0. The molecular weight excluding hydrogens is 204 g/mol. The zero-order chi connectivity index (χ0) is 9.84. The Morgan fingerprint density at radius 1 is 1.54 bits per heavy atom. The van der Waals surface area contributed by atoms with Crippen molar-refractivity contribution in [3.05, 3.63) is 0 Å². The molecule has 1 heterocycles. The van der Waals surface area contributed by atoms with E-state index in [0.29, 0.717) is 0 Å². The summed E-state index contributed by atoms with van der Waals surface area (Å²) >= 11 is 3.25. The van der Waals surface area contributed by atoms with Gasteiger partial charge in [-0.2, -0.15) is 0 Å². The highest BCUT2D eigenvalue weighted by Crippen LogP contribution is 2.26. The predicted molar refractivity (Wildman–Crippen MR) is 58.6 cm³/mol. The minimum atomic E-state index is 0.205. The van der Waals surface area contributed by atoms with Crippen LogP contribution in [-0.2, 0) is 0 Å². The lowest BCUT2D eigenvalue weighted by molar-refractivity contribution is 0.845. The number of thioether (sulfide) groups is 1. The maximum Gasteiger partial charge on any atom is 0.208 e. The van der Waals surface area contributed by atoms with Crippen LogP contribution in [0.5, 0.6) is 0 Å². The highest BCUT2D eigenvalue weighted by molar-refractivity contribution is 8.01. The van der Waals surface area contributed by atoms with Gasteiger partial charge in [0.25, 0.3) is 0 Å². The standard InChI is InChI=1S/C7H14N4S2/c1-5(8)4-12-7-10-9-6(13-7)11(2)3/h5H,4,8H2,1-3H3/t5-/m0/s1. The van der Waals surface area contributed by atoms with Gasteiger partial charge in [-0.1, -0.05) is 23.1 Å². The van der Waals surface area contributed by atoms with Gasteiger partial charge in [0.1, 0.15) is 0 Å². The van der Waals surface area contributed by atoms with Crippen LogP contribution in [-0.4, -0.2) is 36.1 Å². The second-order valence-electron chi connectivity index (χ2n) is 3.03. The van der Waals surface area contributed by atoms with Crippen LogP contribution in [0, 0.1) is 0 Å². The summed E-state index contributed by atoms with van der Waals surface area (Å²) in [5, 5.41) is 9.01. The van der Waals surface area contributed by atoms with Crippen molar-refractivity contribution < 1.29 is 0 Å². The number of anilines is 1. The van der Waals surface area contributed by atoms with Crippen molar-refractivity contribution in [3.8, 4) is 0 Å². The van der Waals surface area contributed by atoms with E-state index in [9.17, 15) is 0 Å². The van der Waals surface area contributed by atoms with Crippen LogP contribution in [0.25, 0.3) is 0 Å². The largest absolute Gasteiger partial charge is 0.353 e. The Hall–Kier alpha value is -0.330. The van der Waals surface area contributed by atoms with Crippen molar-refractivity contribution in [1.82, 2.24) is 10.2 Å². The van der Waals surface area contributed by atoms with E-state index in [1.165, 1.54) is 0 Å². The first kappa shape index (κ1) is 10.7. The Bertz CT molecular complexity index is 259. The fourth-order valence-corrected chi connectivity index (χ4v) is 2.31. The quantitative estimate of drug-likeness (QED) is 0.765. The molecule has 1 aromatic rings. The zero-order valence-corrected chi connectivity index (χ0v) is 9.65. The van der Waals surface area contributed by atoms with Gasteiger partial charge >= 0.3 is 0 Å². The Kier molecular flexibility index (Phi) is 3.95. The number of rotatable bonds is 4. The molecule has 0 radical (unpaired) electrons. The van der Waals surface area contributed by atoms with Gasteiger partial charge in [0.2, 0.25) is 5.13 Å². The molecule has 0 saturated carbocycles. The molecule has 0 aliphatic rings. The first-order valence-corrected chi connectivity index (χ1v) is 5.79. The van der Waals surface area contributed by atoms with Gasteiger partial charge in [0.15, 0.2) is 4.34 Å². The van der Waals surface area contributed by atoms with Crippen LogP contribution in [0.4, 0.5) is 5.13 Å². The molecule has 0 saturated heterocycles. The molecule has 0 amide bonds. The third kappa shape index (κ3) is 3.50. The molecule has 0 fully saturated rings. The molecule has 0 spiro atoms. The van der Waals surface area contributed by atoms with Gasteiger partial charge < -0.3 is 10.6 Å². The van der Waals surface area contributed by atoms with Crippen LogP contribution in [0.15, 0.2) is 4.34 Å². The van der Waals surface area contributed by atoms with E-state index in [1.807, 2.05) is 25.9 Å². The van der Waals surface area contributed by atoms with E-state index < -0.39 is 0 Å². The van der Waals surface area contributed by atoms with Crippen molar-refractivity contribution in [2.75, 3.05) is 24.7 Å². The molecule has 1 atom stereocenters. The SMILES string of the molecule is C[C@H](N)CSc1nnc(N(C)C)s1. The first-order valence-electron chi connectivity index (χ1n) is 3.99. The fourth-order valence-electron chi connectivity index (χ4n) is 0.644. The first-order chi connectivity index (χ1) is 6.09. The second kappa shape index (κ2) is 4.78. The highest BCUT2D eigenvalue weighted by atomic mass is 32.2. The van der Waals surface area contributed by atoms with E-state index in [2.05, 4.69) is 10.2 Å². The normalized spacial score (nSPS) is 12.9. The van der Waals surface area contributed by atoms with Gasteiger partial charge in [-0.25, -0.2) is 0 Å². The van der Waals surface area contributed by atoms with E-state index in [1.54, 1.807) is 23.1 Å². The molecule has 0 unspecified atom stereocenters. The molecule has 0 aliphatic heterocycles. The third-order valence-electron chi connectivity index (χ3n) is 1.25. The van der Waals surface area contributed by atoms with Crippen molar-refractivity contribution in [3.63, 3.8) is 0 Å². The summed E-state index contributed by atoms with van der Waals surface area (Å²) in [6.45, 7) is 1.99. The Labute approximate surface area is 86.5 Å². The summed E-state index contributed by atoms with van der Waals surface area (Å²) in [4.78, 5) is 1.95. The molecule has 1 rings (SSSR count). The van der Waals surface area contributed by atoms with Gasteiger partial charge in [-0.05, 0) is 6.92 Å². The van der Waals surface area contributed by atoms with Crippen LogP contribution in [0.1, 0.15) is 6.92 Å². The molecule has 0 bridgehead atoms. The van der Waals surface area contributed by atoms with Gasteiger partial charge in [-0.3, -0.25) is 0 Å². The second-order valence-corrected chi connectivity index (χ2v) is 5.26. The average Bonchev–Trinajstić information content (AvgIpc) is 2.48. The molecule has 13 heavy (non-hydrogen) atoms. The molecule has 2 N–H and O–H groups in total. The molecular formula is C7H14N4S2. The van der Waals surface area contributed by atoms with Crippen molar-refractivity contribution in [1.29, 1.82) is 0 Å². The number of hydrogen-bond donors (Lipinski definition) is 1. The van der Waals surface area contributed by atoms with E-state index in [4.69, 9.17) is 5.73 Å². The molecule has 74 valence electrons. The summed E-state index contributed by atoms with van der Waals surface area (Å²) in [7, 11) is 3.92. The summed E-state index contributed by atoms with van der Waals surface area (Å²) in [5.41, 5.74) is 5.63. The molecule has 1 aromatic heterocycles. The van der Waals surface area contributed by atoms with Gasteiger partial charge in [-0.15, -0.1) is 10.2 Å². The van der Waals surface area contributed by atoms with Crippen molar-refractivity contribution in [2.45, 2.75) is 17.3 Å². The molecule has 0 aliphatic carbocycles. The number of hydrogen-bond acceptors (Lipinski definition) is 6. The number of nitrogens with two attached hydrogens (primary N) is 1. The zero-order valence-electron chi connectivity index (χ0n) is 8.02. The van der Waals surface area contributed by atoms with Crippen molar-refractivity contribution >= 4 is 28.2 Å². The predicted octanol–water partition coefficient (Wildman–Crippen LogP) is 1.04. The summed E-state index contributed by atoms with van der Waals surface area (Å²) < 4.78 is 0.987. The smallest absolute Gasteiger partial charge is 0.208 e. The Balaban J connectivity index is 2.49. The van der Waals surface area contributed by atoms with E-state index >= 15 is 0 Å². The fraction of sp³-hybridized carbons (Fsp3) is 0.714. The maximum atomic E-state index is 5.63. The van der Waals surface area contributed by atoms with Crippen LogP contribution in [0.2, 0.25) is 0 Å². The summed E-state index contributed by atoms with van der Waals surface area (Å²) in [6, 6.07) is 0.205. The lowest BCUT2D eigenvalue weighted by atomic mass is 10.4. The topological polar surface area (TPSA) is 55.0 Å². The minimum absolute atomic E-state index is 0.205. The van der Waals surface area contributed by atoms with E-state index in [-0.39, 0.29) is 6.04 Å². The molecule has 6 heteroatoms. The lowest BCUT2D eigenvalue weighted by Crippen LogP contribution is -2.17.